The van der Waals surface area contributed by atoms with Gasteiger partial charge >= 0.3 is 0 Å². The van der Waals surface area contributed by atoms with Crippen LogP contribution in [0.15, 0.2) is 28.7 Å². The van der Waals surface area contributed by atoms with Crippen LogP contribution in [-0.4, -0.2) is 41.2 Å². The van der Waals surface area contributed by atoms with Crippen molar-refractivity contribution in [3.05, 3.63) is 34.3 Å². The van der Waals surface area contributed by atoms with Crippen LogP contribution >= 0.6 is 15.9 Å². The fourth-order valence-corrected chi connectivity index (χ4v) is 4.14. The Morgan fingerprint density at radius 1 is 1.19 bits per heavy atom. The molecule has 2 amide bonds. The Balaban J connectivity index is 1.86. The molecule has 1 heterocycles. The molecule has 0 saturated carbocycles. The maximum atomic E-state index is 12.7. The van der Waals surface area contributed by atoms with Gasteiger partial charge < -0.3 is 9.80 Å². The van der Waals surface area contributed by atoms with Crippen molar-refractivity contribution < 1.29 is 9.59 Å². The Labute approximate surface area is 166 Å². The lowest BCUT2D eigenvalue weighted by molar-refractivity contribution is -0.133. The Morgan fingerprint density at radius 3 is 2.58 bits per heavy atom. The van der Waals surface area contributed by atoms with Crippen molar-refractivity contribution in [2.24, 2.45) is 0 Å². The predicted octanol–water partition coefficient (Wildman–Crippen LogP) is 4.93. The van der Waals surface area contributed by atoms with Crippen LogP contribution in [0.4, 0.5) is 0 Å². The SMILES string of the molecule is CCCN(CCC)C(=O)CCCC(=O)N1CCCC1c1cccc(Br)c1. The summed E-state index contributed by atoms with van der Waals surface area (Å²) in [6.07, 6.45) is 5.59. The van der Waals surface area contributed by atoms with Gasteiger partial charge in [0, 0.05) is 36.9 Å². The summed E-state index contributed by atoms with van der Waals surface area (Å²) in [6.45, 7) is 6.64. The molecule has 1 saturated heterocycles. The first-order valence-corrected chi connectivity index (χ1v) is 10.7. The van der Waals surface area contributed by atoms with Crippen molar-refractivity contribution >= 4 is 27.7 Å². The third-order valence-electron chi connectivity index (χ3n) is 4.93. The van der Waals surface area contributed by atoms with Crippen molar-refractivity contribution in [3.8, 4) is 0 Å². The van der Waals surface area contributed by atoms with E-state index in [1.54, 1.807) is 0 Å². The molecule has 1 atom stereocenters. The van der Waals surface area contributed by atoms with Crippen LogP contribution in [0.3, 0.4) is 0 Å². The van der Waals surface area contributed by atoms with Crippen LogP contribution in [0.5, 0.6) is 0 Å². The quantitative estimate of drug-likeness (QED) is 0.565. The molecular formula is C21H31BrN2O2. The minimum atomic E-state index is 0.174. The highest BCUT2D eigenvalue weighted by atomic mass is 79.9. The van der Waals surface area contributed by atoms with E-state index in [9.17, 15) is 9.59 Å². The molecule has 0 spiro atoms. The van der Waals surface area contributed by atoms with E-state index in [0.717, 1.165) is 49.8 Å². The van der Waals surface area contributed by atoms with Crippen LogP contribution in [0.25, 0.3) is 0 Å². The average Bonchev–Trinajstić information content (AvgIpc) is 3.11. The normalized spacial score (nSPS) is 16.7. The van der Waals surface area contributed by atoms with Gasteiger partial charge in [-0.2, -0.15) is 0 Å². The lowest BCUT2D eigenvalue weighted by Gasteiger charge is -2.26. The zero-order chi connectivity index (χ0) is 18.9. The largest absolute Gasteiger partial charge is 0.343 e. The molecular weight excluding hydrogens is 392 g/mol. The molecule has 4 nitrogen and oxygen atoms in total. The second-order valence-electron chi connectivity index (χ2n) is 7.03. The van der Waals surface area contributed by atoms with Crippen molar-refractivity contribution in [2.75, 3.05) is 19.6 Å². The third-order valence-corrected chi connectivity index (χ3v) is 5.42. The van der Waals surface area contributed by atoms with Crippen LogP contribution < -0.4 is 0 Å². The van der Waals surface area contributed by atoms with Crippen molar-refractivity contribution in [2.45, 2.75) is 64.8 Å². The summed E-state index contributed by atoms with van der Waals surface area (Å²) in [5, 5.41) is 0. The molecule has 144 valence electrons. The minimum absolute atomic E-state index is 0.174. The predicted molar refractivity (Wildman–Crippen MR) is 109 cm³/mol. The van der Waals surface area contributed by atoms with Crippen LogP contribution in [0, 0.1) is 0 Å². The van der Waals surface area contributed by atoms with Gasteiger partial charge in [0.05, 0.1) is 6.04 Å². The Kier molecular flexibility index (Phi) is 8.63. The van der Waals surface area contributed by atoms with E-state index in [1.807, 2.05) is 21.9 Å². The molecule has 1 aliphatic heterocycles. The first kappa shape index (κ1) is 20.9. The van der Waals surface area contributed by atoms with Gasteiger partial charge in [0.1, 0.15) is 0 Å². The second kappa shape index (κ2) is 10.7. The molecule has 1 aromatic carbocycles. The van der Waals surface area contributed by atoms with Gasteiger partial charge in [0.2, 0.25) is 11.8 Å². The monoisotopic (exact) mass is 422 g/mol. The first-order chi connectivity index (χ1) is 12.6. The van der Waals surface area contributed by atoms with E-state index in [2.05, 4.69) is 41.9 Å². The highest BCUT2D eigenvalue weighted by Crippen LogP contribution is 2.33. The number of carbonyl (C=O) groups excluding carboxylic acids is 2. The highest BCUT2D eigenvalue weighted by molar-refractivity contribution is 9.10. The summed E-state index contributed by atoms with van der Waals surface area (Å²) in [6, 6.07) is 8.40. The fourth-order valence-electron chi connectivity index (χ4n) is 3.72. The maximum Gasteiger partial charge on any atom is 0.223 e. The zero-order valence-electron chi connectivity index (χ0n) is 16.0. The van der Waals surface area contributed by atoms with Gasteiger partial charge in [-0.05, 0) is 49.8 Å². The second-order valence-corrected chi connectivity index (χ2v) is 7.95. The Hall–Kier alpha value is -1.36. The van der Waals surface area contributed by atoms with E-state index < -0.39 is 0 Å². The minimum Gasteiger partial charge on any atom is -0.343 e. The number of rotatable bonds is 9. The van der Waals surface area contributed by atoms with E-state index in [1.165, 1.54) is 5.56 Å². The smallest absolute Gasteiger partial charge is 0.223 e. The lowest BCUT2D eigenvalue weighted by Crippen LogP contribution is -2.33. The molecule has 5 heteroatoms. The highest BCUT2D eigenvalue weighted by Gasteiger charge is 2.29. The molecule has 0 bridgehead atoms. The number of amides is 2. The number of likely N-dealkylation sites (tertiary alicyclic amines) is 1. The molecule has 0 aliphatic carbocycles. The standard InChI is InChI=1S/C21H31BrN2O2/c1-3-13-23(14-4-2)20(25)11-6-12-21(26)24-15-7-10-19(24)17-8-5-9-18(22)16-17/h5,8-9,16,19H,3-4,6-7,10-15H2,1-2H3. The first-order valence-electron chi connectivity index (χ1n) is 9.89. The molecule has 0 radical (unpaired) electrons. The fraction of sp³-hybridized carbons (Fsp3) is 0.619. The van der Waals surface area contributed by atoms with Crippen LogP contribution in [0.1, 0.15) is 70.4 Å². The summed E-state index contributed by atoms with van der Waals surface area (Å²) in [7, 11) is 0. The zero-order valence-corrected chi connectivity index (χ0v) is 17.6. The number of carbonyl (C=O) groups is 2. The van der Waals surface area contributed by atoms with Gasteiger partial charge in [-0.1, -0.05) is 41.9 Å². The molecule has 0 N–H and O–H groups in total. The van der Waals surface area contributed by atoms with Gasteiger partial charge in [-0.3, -0.25) is 9.59 Å². The molecule has 1 aromatic rings. The van der Waals surface area contributed by atoms with Crippen LogP contribution in [0.2, 0.25) is 0 Å². The summed E-state index contributed by atoms with van der Waals surface area (Å²) in [4.78, 5) is 29.0. The van der Waals surface area contributed by atoms with Gasteiger partial charge in [0.25, 0.3) is 0 Å². The van der Waals surface area contributed by atoms with E-state index in [0.29, 0.717) is 19.3 Å². The summed E-state index contributed by atoms with van der Waals surface area (Å²) < 4.78 is 1.05. The molecule has 1 aliphatic rings. The lowest BCUT2D eigenvalue weighted by atomic mass is 10.0. The van der Waals surface area contributed by atoms with Crippen LogP contribution in [-0.2, 0) is 9.59 Å². The Morgan fingerprint density at radius 2 is 1.92 bits per heavy atom. The number of benzene rings is 1. The topological polar surface area (TPSA) is 40.6 Å². The van der Waals surface area contributed by atoms with Gasteiger partial charge in [-0.25, -0.2) is 0 Å². The molecule has 1 fully saturated rings. The number of halogens is 1. The number of hydrogen-bond donors (Lipinski definition) is 0. The molecule has 0 aromatic heterocycles. The third kappa shape index (κ3) is 5.83. The van der Waals surface area contributed by atoms with Gasteiger partial charge in [0.15, 0.2) is 0 Å². The van der Waals surface area contributed by atoms with Crippen molar-refractivity contribution in [3.63, 3.8) is 0 Å². The van der Waals surface area contributed by atoms with E-state index in [-0.39, 0.29) is 17.9 Å². The molecule has 1 unspecified atom stereocenters. The summed E-state index contributed by atoms with van der Waals surface area (Å²) in [5.41, 5.74) is 1.19. The average molecular weight is 423 g/mol. The Bertz CT molecular complexity index is 599. The number of hydrogen-bond acceptors (Lipinski definition) is 2. The summed E-state index contributed by atoms with van der Waals surface area (Å²) in [5.74, 6) is 0.365. The summed E-state index contributed by atoms with van der Waals surface area (Å²) >= 11 is 3.52. The maximum absolute atomic E-state index is 12.7. The molecule has 26 heavy (non-hydrogen) atoms. The van der Waals surface area contributed by atoms with Crippen molar-refractivity contribution in [1.82, 2.24) is 9.80 Å². The molecule has 2 rings (SSSR count). The van der Waals surface area contributed by atoms with Crippen molar-refractivity contribution in [1.29, 1.82) is 0 Å². The number of nitrogens with zero attached hydrogens (tertiary/aromatic N) is 2. The van der Waals surface area contributed by atoms with E-state index >= 15 is 0 Å². The van der Waals surface area contributed by atoms with E-state index in [4.69, 9.17) is 0 Å². The van der Waals surface area contributed by atoms with Gasteiger partial charge in [-0.15, -0.1) is 0 Å².